The molecule has 0 bridgehead atoms. The van der Waals surface area contributed by atoms with E-state index in [2.05, 4.69) is 44.2 Å². The Kier molecular flexibility index (Phi) is 10.4. The van der Waals surface area contributed by atoms with Crippen molar-refractivity contribution in [3.8, 4) is 0 Å². The van der Waals surface area contributed by atoms with Crippen LogP contribution in [-0.2, 0) is 21.7 Å². The van der Waals surface area contributed by atoms with Crippen LogP contribution in [0, 0.1) is 36.1 Å². The van der Waals surface area contributed by atoms with Gasteiger partial charge in [-0.05, 0) is 0 Å². The maximum Gasteiger partial charge on any atom is 4.00 e. The third-order valence-corrected chi connectivity index (χ3v) is 2.33. The zero-order chi connectivity index (χ0) is 7.84. The van der Waals surface area contributed by atoms with Gasteiger partial charge in [0.1, 0.15) is 0 Å². The number of rotatable bonds is 0. The van der Waals surface area contributed by atoms with Gasteiger partial charge in [-0.1, -0.05) is 19.9 Å². The van der Waals surface area contributed by atoms with Crippen molar-refractivity contribution in [1.82, 2.24) is 0 Å². The van der Waals surface area contributed by atoms with Gasteiger partial charge in [0.05, 0.1) is 0 Å². The van der Waals surface area contributed by atoms with Crippen LogP contribution >= 0.6 is 0 Å². The van der Waals surface area contributed by atoms with Gasteiger partial charge in [0.2, 0.25) is 0 Å². The first-order valence-electron chi connectivity index (χ1n) is 3.90. The van der Waals surface area contributed by atoms with Crippen molar-refractivity contribution >= 4 is 10.8 Å². The summed E-state index contributed by atoms with van der Waals surface area (Å²) in [5.74, 6) is 0. The second-order valence-electron chi connectivity index (χ2n) is 3.04. The molecule has 0 radical (unpaired) electrons. The molecule has 0 unspecified atom stereocenters. The number of benzene rings is 1. The topological polar surface area (TPSA) is 0 Å². The standard InChI is InChI=1S/C11H11.3CH3.Ti/c1-8-7-10-5-3-4-6-11(10)9(8)2;;;;/h3-7H,1-2H3;3*1H3;/q4*-1;+4. The molecule has 0 aliphatic heterocycles. The molecule has 1 heteroatoms. The molecule has 80 valence electrons. The summed E-state index contributed by atoms with van der Waals surface area (Å²) < 4.78 is 0. The molecule has 0 amide bonds. The summed E-state index contributed by atoms with van der Waals surface area (Å²) in [5.41, 5.74) is 2.81. The summed E-state index contributed by atoms with van der Waals surface area (Å²) in [6, 6.07) is 10.8. The Hall–Kier alpha value is -0.456. The molecule has 0 aliphatic rings. The Labute approximate surface area is 110 Å². The molecular formula is C14H20Ti. The third-order valence-electron chi connectivity index (χ3n) is 2.33. The van der Waals surface area contributed by atoms with E-state index in [1.165, 1.54) is 21.9 Å². The van der Waals surface area contributed by atoms with E-state index in [-0.39, 0.29) is 44.0 Å². The van der Waals surface area contributed by atoms with E-state index in [0.717, 1.165) is 0 Å². The predicted octanol–water partition coefficient (Wildman–Crippen LogP) is 4.52. The van der Waals surface area contributed by atoms with Crippen LogP contribution in [0.2, 0.25) is 0 Å². The van der Waals surface area contributed by atoms with Gasteiger partial charge in [-0.15, -0.1) is 40.1 Å². The summed E-state index contributed by atoms with van der Waals surface area (Å²) >= 11 is 0. The number of aryl methyl sites for hydroxylation is 2. The maximum absolute atomic E-state index is 2.24. The van der Waals surface area contributed by atoms with E-state index >= 15 is 0 Å². The first kappa shape index (κ1) is 20.0. The van der Waals surface area contributed by atoms with E-state index in [9.17, 15) is 0 Å². The minimum Gasteiger partial charge on any atom is -0.358 e. The van der Waals surface area contributed by atoms with Gasteiger partial charge in [0, 0.05) is 0 Å². The molecule has 2 aromatic carbocycles. The minimum absolute atomic E-state index is 0. The first-order chi connectivity index (χ1) is 5.29. The molecule has 0 spiro atoms. The van der Waals surface area contributed by atoms with Gasteiger partial charge in [-0.2, -0.15) is 6.07 Å². The summed E-state index contributed by atoms with van der Waals surface area (Å²) in [7, 11) is 0. The zero-order valence-electron chi connectivity index (χ0n) is 10.4. The van der Waals surface area contributed by atoms with Gasteiger partial charge < -0.3 is 22.3 Å². The average Bonchev–Trinajstić information content (AvgIpc) is 2.30. The molecule has 0 N–H and O–H groups in total. The van der Waals surface area contributed by atoms with Gasteiger partial charge in [-0.3, -0.25) is 0 Å². The number of fused-ring (bicyclic) bond motifs is 1. The van der Waals surface area contributed by atoms with Gasteiger partial charge >= 0.3 is 21.7 Å². The molecule has 15 heavy (non-hydrogen) atoms. The Bertz CT molecular complexity index is 385. The summed E-state index contributed by atoms with van der Waals surface area (Å²) in [5, 5.41) is 2.76. The molecule has 0 heterocycles. The molecule has 0 saturated heterocycles. The van der Waals surface area contributed by atoms with Crippen molar-refractivity contribution < 1.29 is 21.7 Å². The maximum atomic E-state index is 2.24. The van der Waals surface area contributed by atoms with E-state index in [1.807, 2.05) is 0 Å². The first-order valence-corrected chi connectivity index (χ1v) is 3.90. The monoisotopic (exact) mass is 236 g/mol. The predicted molar refractivity (Wildman–Crippen MR) is 68.3 cm³/mol. The van der Waals surface area contributed by atoms with Crippen LogP contribution < -0.4 is 0 Å². The normalized spacial score (nSPS) is 7.87. The van der Waals surface area contributed by atoms with Crippen molar-refractivity contribution in [2.24, 2.45) is 0 Å². The van der Waals surface area contributed by atoms with E-state index in [1.54, 1.807) is 0 Å². The number of hydrogen-bond donors (Lipinski definition) is 0. The fourth-order valence-electron chi connectivity index (χ4n) is 1.52. The van der Waals surface area contributed by atoms with Crippen molar-refractivity contribution in [2.45, 2.75) is 13.8 Å². The molecular weight excluding hydrogens is 216 g/mol. The van der Waals surface area contributed by atoms with Gasteiger partial charge in [0.25, 0.3) is 0 Å². The smallest absolute Gasteiger partial charge is 0.358 e. The second kappa shape index (κ2) is 7.79. The van der Waals surface area contributed by atoms with Crippen LogP contribution in [0.25, 0.3) is 10.8 Å². The minimum atomic E-state index is 0. The Balaban J connectivity index is -0.000000360. The van der Waals surface area contributed by atoms with Crippen molar-refractivity contribution in [2.75, 3.05) is 0 Å². The summed E-state index contributed by atoms with van der Waals surface area (Å²) in [6.45, 7) is 4.34. The molecule has 2 aromatic rings. The second-order valence-corrected chi connectivity index (χ2v) is 3.04. The van der Waals surface area contributed by atoms with E-state index in [0.29, 0.717) is 0 Å². The van der Waals surface area contributed by atoms with Crippen LogP contribution in [-0.4, -0.2) is 0 Å². The van der Waals surface area contributed by atoms with Crippen molar-refractivity contribution in [1.29, 1.82) is 0 Å². The van der Waals surface area contributed by atoms with Crippen LogP contribution in [0.5, 0.6) is 0 Å². The largest absolute Gasteiger partial charge is 4.00 e. The van der Waals surface area contributed by atoms with Crippen LogP contribution in [0.4, 0.5) is 0 Å². The average molecular weight is 236 g/mol. The molecule has 0 nitrogen and oxygen atoms in total. The summed E-state index contributed by atoms with van der Waals surface area (Å²) in [4.78, 5) is 0. The van der Waals surface area contributed by atoms with Crippen LogP contribution in [0.15, 0.2) is 30.3 Å². The summed E-state index contributed by atoms with van der Waals surface area (Å²) in [6.07, 6.45) is 0. The van der Waals surface area contributed by atoms with Crippen LogP contribution in [0.1, 0.15) is 11.1 Å². The van der Waals surface area contributed by atoms with E-state index in [4.69, 9.17) is 0 Å². The molecule has 0 aromatic heterocycles. The number of hydrogen-bond acceptors (Lipinski definition) is 0. The van der Waals surface area contributed by atoms with Crippen molar-refractivity contribution in [3.05, 3.63) is 63.7 Å². The zero-order valence-corrected chi connectivity index (χ0v) is 11.9. The van der Waals surface area contributed by atoms with E-state index < -0.39 is 0 Å². The van der Waals surface area contributed by atoms with Gasteiger partial charge in [0.15, 0.2) is 0 Å². The van der Waals surface area contributed by atoms with Gasteiger partial charge in [-0.25, -0.2) is 0 Å². The Morgan fingerprint density at radius 2 is 1.53 bits per heavy atom. The SMILES string of the molecule is Cc1cc2ccccc2[c-]1C.[CH3-].[CH3-].[CH3-].[Ti+4]. The fourth-order valence-corrected chi connectivity index (χ4v) is 1.52. The fraction of sp³-hybridized carbons (Fsp3) is 0.143. The Morgan fingerprint density at radius 1 is 1.00 bits per heavy atom. The third kappa shape index (κ3) is 3.55. The molecule has 0 atom stereocenters. The molecule has 0 saturated carbocycles. The Morgan fingerprint density at radius 3 is 2.07 bits per heavy atom. The van der Waals surface area contributed by atoms with Crippen LogP contribution in [0.3, 0.4) is 0 Å². The quantitative estimate of drug-likeness (QED) is 0.466. The molecule has 2 rings (SSSR count). The van der Waals surface area contributed by atoms with Crippen molar-refractivity contribution in [3.63, 3.8) is 0 Å². The molecule has 0 fully saturated rings. The molecule has 0 aliphatic carbocycles.